The summed E-state index contributed by atoms with van der Waals surface area (Å²) in [6, 6.07) is 9.53. The van der Waals surface area contributed by atoms with Crippen LogP contribution in [0.15, 0.2) is 51.1 Å². The molecule has 0 aliphatic carbocycles. The zero-order valence-electron chi connectivity index (χ0n) is 20.6. The summed E-state index contributed by atoms with van der Waals surface area (Å²) in [7, 11) is 0. The lowest BCUT2D eigenvalue weighted by Crippen LogP contribution is -2.49. The second kappa shape index (κ2) is 8.45. The first-order valence-electron chi connectivity index (χ1n) is 12.3. The van der Waals surface area contributed by atoms with E-state index in [0.717, 1.165) is 16.7 Å². The van der Waals surface area contributed by atoms with Gasteiger partial charge in [0.15, 0.2) is 0 Å². The number of aliphatic imine (C=N–C) groups is 1. The van der Waals surface area contributed by atoms with Gasteiger partial charge in [-0.1, -0.05) is 12.1 Å². The van der Waals surface area contributed by atoms with Crippen LogP contribution in [0.1, 0.15) is 43.9 Å². The van der Waals surface area contributed by atoms with Crippen molar-refractivity contribution in [2.45, 2.75) is 44.9 Å². The highest BCUT2D eigenvalue weighted by atomic mass is 16.3. The Morgan fingerprint density at radius 2 is 1.92 bits per heavy atom. The summed E-state index contributed by atoms with van der Waals surface area (Å²) in [6.07, 6.45) is 4.32. The van der Waals surface area contributed by atoms with Crippen molar-refractivity contribution in [2.24, 2.45) is 4.99 Å². The van der Waals surface area contributed by atoms with Crippen LogP contribution in [0, 0.1) is 0 Å². The number of piperidine rings is 1. The first-order chi connectivity index (χ1) is 17.7. The number of carbonyl (C=O) groups is 1. The van der Waals surface area contributed by atoms with Crippen molar-refractivity contribution in [2.75, 3.05) is 13.1 Å². The van der Waals surface area contributed by atoms with Crippen LogP contribution in [-0.2, 0) is 11.3 Å². The Kier molecular flexibility index (Phi) is 5.30. The van der Waals surface area contributed by atoms with Gasteiger partial charge in [0, 0.05) is 37.1 Å². The van der Waals surface area contributed by atoms with Crippen molar-refractivity contribution in [3.63, 3.8) is 0 Å². The summed E-state index contributed by atoms with van der Waals surface area (Å²) in [5.74, 6) is -0.343. The Labute approximate surface area is 211 Å². The van der Waals surface area contributed by atoms with Crippen molar-refractivity contribution in [3.8, 4) is 11.3 Å². The Hall–Kier alpha value is -4.18. The summed E-state index contributed by atoms with van der Waals surface area (Å²) < 4.78 is 1.60. The van der Waals surface area contributed by atoms with E-state index >= 15 is 0 Å². The smallest absolute Gasteiger partial charge is 0.329 e. The largest absolute Gasteiger partial charge is 0.381 e. The van der Waals surface area contributed by atoms with Gasteiger partial charge in [0.05, 0.1) is 28.7 Å². The number of pyridine rings is 2. The highest BCUT2D eigenvalue weighted by Crippen LogP contribution is 2.30. The van der Waals surface area contributed by atoms with Crippen LogP contribution in [0.4, 0.5) is 0 Å². The molecule has 188 valence electrons. The molecule has 4 aromatic rings. The number of aromatic nitrogens is 4. The van der Waals surface area contributed by atoms with Gasteiger partial charge in [-0.2, -0.15) is 0 Å². The number of amides is 1. The first-order valence-corrected chi connectivity index (χ1v) is 12.3. The van der Waals surface area contributed by atoms with E-state index in [1.165, 1.54) is 20.0 Å². The summed E-state index contributed by atoms with van der Waals surface area (Å²) in [5, 5.41) is 10.4. The molecule has 5 heterocycles. The van der Waals surface area contributed by atoms with Crippen molar-refractivity contribution in [1.29, 1.82) is 0 Å². The topological polar surface area (TPSA) is 134 Å². The molecule has 0 bridgehead atoms. The molecule has 2 N–H and O–H groups in total. The number of benzene rings is 1. The van der Waals surface area contributed by atoms with E-state index in [1.54, 1.807) is 9.47 Å². The van der Waals surface area contributed by atoms with E-state index in [2.05, 4.69) is 15.0 Å². The number of rotatable bonds is 3. The molecule has 1 fully saturated rings. The number of likely N-dealkylation sites (tertiary alicyclic amines) is 1. The summed E-state index contributed by atoms with van der Waals surface area (Å²) in [5.41, 5.74) is 2.82. The molecule has 0 saturated carbocycles. The van der Waals surface area contributed by atoms with Crippen molar-refractivity contribution in [3.05, 3.63) is 68.5 Å². The molecule has 10 nitrogen and oxygen atoms in total. The molecular weight excluding hydrogens is 472 g/mol. The predicted molar refractivity (Wildman–Crippen MR) is 140 cm³/mol. The highest BCUT2D eigenvalue weighted by molar-refractivity contribution is 6.01. The minimum absolute atomic E-state index is 0.259. The van der Waals surface area contributed by atoms with Crippen LogP contribution in [0.2, 0.25) is 0 Å². The van der Waals surface area contributed by atoms with E-state index in [0.29, 0.717) is 54.7 Å². The van der Waals surface area contributed by atoms with E-state index in [4.69, 9.17) is 4.98 Å². The standard InChI is InChI=1S/C27H26N6O4/c1-27(2,37)25(35)32-9-7-18(8-10-32)33-23-19(24(34)31-26(33)36)14-29-21-6-5-20(30-22(21)23)15-3-4-16-12-28-13-17(16)11-15/h3-6,11,13-14,18,37H,7-10,12H2,1-2H3,(H,31,34,36). The van der Waals surface area contributed by atoms with Crippen molar-refractivity contribution < 1.29 is 9.90 Å². The number of hydrogen-bond donors (Lipinski definition) is 2. The number of aromatic amines is 1. The second-order valence-electron chi connectivity index (χ2n) is 10.2. The molecule has 1 aromatic carbocycles. The lowest BCUT2D eigenvalue weighted by Gasteiger charge is -2.36. The number of hydrogen-bond acceptors (Lipinski definition) is 7. The van der Waals surface area contributed by atoms with Gasteiger partial charge in [-0.15, -0.1) is 0 Å². The molecule has 0 radical (unpaired) electrons. The van der Waals surface area contributed by atoms with Gasteiger partial charge in [-0.05, 0) is 56.0 Å². The highest BCUT2D eigenvalue weighted by Gasteiger charge is 2.33. The zero-order chi connectivity index (χ0) is 25.9. The molecule has 0 unspecified atom stereocenters. The average Bonchev–Trinajstić information content (AvgIpc) is 3.36. The fourth-order valence-electron chi connectivity index (χ4n) is 5.27. The maximum absolute atomic E-state index is 13.2. The molecule has 0 atom stereocenters. The molecule has 2 aliphatic rings. The SMILES string of the molecule is CC(C)(O)C(=O)N1CCC(n2c(=O)[nH]c(=O)c3cnc4ccc(-c5ccc6c(c5)C=NC6)nc4c32)CC1. The molecule has 1 amide bonds. The summed E-state index contributed by atoms with van der Waals surface area (Å²) in [6.45, 7) is 4.39. The van der Waals surface area contributed by atoms with Crippen LogP contribution in [-0.4, -0.2) is 60.3 Å². The fourth-order valence-corrected chi connectivity index (χ4v) is 5.27. The van der Waals surface area contributed by atoms with Crippen LogP contribution < -0.4 is 11.2 Å². The lowest BCUT2D eigenvalue weighted by atomic mass is 10.0. The molecule has 37 heavy (non-hydrogen) atoms. The van der Waals surface area contributed by atoms with Crippen LogP contribution in [0.25, 0.3) is 33.2 Å². The minimum atomic E-state index is -1.46. The quantitative estimate of drug-likeness (QED) is 0.416. The van der Waals surface area contributed by atoms with E-state index < -0.39 is 16.9 Å². The van der Waals surface area contributed by atoms with Gasteiger partial charge in [0.1, 0.15) is 11.1 Å². The van der Waals surface area contributed by atoms with Crippen molar-refractivity contribution in [1.82, 2.24) is 24.4 Å². The number of H-pyrrole nitrogens is 1. The molecule has 3 aromatic heterocycles. The number of fused-ring (bicyclic) bond motifs is 4. The molecule has 10 heteroatoms. The Bertz CT molecular complexity index is 1720. The van der Waals surface area contributed by atoms with E-state index in [9.17, 15) is 19.5 Å². The molecule has 0 spiro atoms. The molecular formula is C27H26N6O4. The Morgan fingerprint density at radius 1 is 1.14 bits per heavy atom. The predicted octanol–water partition coefficient (Wildman–Crippen LogP) is 2.17. The van der Waals surface area contributed by atoms with Gasteiger partial charge in [-0.25, -0.2) is 9.78 Å². The van der Waals surface area contributed by atoms with Gasteiger partial charge in [0.2, 0.25) is 0 Å². The van der Waals surface area contributed by atoms with Crippen molar-refractivity contribution >= 4 is 34.1 Å². The Balaban J connectivity index is 1.48. The maximum atomic E-state index is 13.2. The van der Waals surface area contributed by atoms with Gasteiger partial charge in [-0.3, -0.25) is 29.1 Å². The van der Waals surface area contributed by atoms with E-state index in [1.807, 2.05) is 36.5 Å². The Morgan fingerprint density at radius 3 is 2.68 bits per heavy atom. The molecule has 2 aliphatic heterocycles. The average molecular weight is 499 g/mol. The third-order valence-corrected chi connectivity index (χ3v) is 7.18. The van der Waals surface area contributed by atoms with Gasteiger partial charge >= 0.3 is 5.69 Å². The maximum Gasteiger partial charge on any atom is 0.329 e. The van der Waals surface area contributed by atoms with E-state index in [-0.39, 0.29) is 17.3 Å². The normalized spacial score (nSPS) is 16.0. The third kappa shape index (κ3) is 3.93. The van der Waals surface area contributed by atoms with Crippen LogP contribution in [0.5, 0.6) is 0 Å². The minimum Gasteiger partial charge on any atom is -0.381 e. The van der Waals surface area contributed by atoms with Crippen LogP contribution in [0.3, 0.4) is 0 Å². The molecule has 1 saturated heterocycles. The third-order valence-electron chi connectivity index (χ3n) is 7.18. The zero-order valence-corrected chi connectivity index (χ0v) is 20.6. The summed E-state index contributed by atoms with van der Waals surface area (Å²) in [4.78, 5) is 56.2. The van der Waals surface area contributed by atoms with Gasteiger partial charge < -0.3 is 10.0 Å². The lowest BCUT2D eigenvalue weighted by molar-refractivity contribution is -0.149. The second-order valence-corrected chi connectivity index (χ2v) is 10.2. The molecule has 6 rings (SSSR count). The number of nitrogens with zero attached hydrogens (tertiary/aromatic N) is 5. The monoisotopic (exact) mass is 498 g/mol. The van der Waals surface area contributed by atoms with Gasteiger partial charge in [0.25, 0.3) is 11.5 Å². The fraction of sp³-hybridized carbons (Fsp3) is 0.333. The summed E-state index contributed by atoms with van der Waals surface area (Å²) >= 11 is 0. The number of aliphatic hydroxyl groups is 1. The van der Waals surface area contributed by atoms with Crippen LogP contribution >= 0.6 is 0 Å². The number of nitrogens with one attached hydrogen (secondary N) is 1. The number of carbonyl (C=O) groups excluding carboxylic acids is 1. The first kappa shape index (κ1) is 23.2.